The first-order chi connectivity index (χ1) is 9.49. The van der Waals surface area contributed by atoms with Crippen LogP contribution in [0.5, 0.6) is 5.75 Å². The minimum Gasteiger partial charge on any atom is -0.506 e. The molecule has 1 heterocycles. The summed E-state index contributed by atoms with van der Waals surface area (Å²) in [5.74, 6) is -0.295. The Morgan fingerprint density at radius 1 is 1.40 bits per heavy atom. The van der Waals surface area contributed by atoms with Crippen molar-refractivity contribution in [3.63, 3.8) is 0 Å². The first-order valence-electron chi connectivity index (χ1n) is 5.54. The Hall–Kier alpha value is -1.18. The van der Waals surface area contributed by atoms with Crippen LogP contribution >= 0.6 is 43.2 Å². The van der Waals surface area contributed by atoms with Crippen LogP contribution in [0.4, 0.5) is 0 Å². The van der Waals surface area contributed by atoms with Gasteiger partial charge in [-0.3, -0.25) is 4.79 Å². The van der Waals surface area contributed by atoms with E-state index < -0.39 is 0 Å². The molecule has 1 aromatic heterocycles. The van der Waals surface area contributed by atoms with Crippen LogP contribution in [0.15, 0.2) is 37.6 Å². The third-order valence-electron chi connectivity index (χ3n) is 2.53. The van der Waals surface area contributed by atoms with E-state index in [1.807, 2.05) is 18.4 Å². The van der Waals surface area contributed by atoms with Crippen LogP contribution in [-0.2, 0) is 0 Å². The molecule has 7 heteroatoms. The average molecular weight is 418 g/mol. The van der Waals surface area contributed by atoms with Crippen molar-refractivity contribution in [2.75, 3.05) is 0 Å². The van der Waals surface area contributed by atoms with Crippen molar-refractivity contribution in [3.05, 3.63) is 48.5 Å². The van der Waals surface area contributed by atoms with Gasteiger partial charge in [-0.2, -0.15) is 5.10 Å². The van der Waals surface area contributed by atoms with Crippen molar-refractivity contribution >= 4 is 55.3 Å². The minimum absolute atomic E-state index is 0.0549. The number of nitrogens with zero attached hydrogens (tertiary/aromatic N) is 1. The van der Waals surface area contributed by atoms with Crippen molar-refractivity contribution < 1.29 is 9.90 Å². The second kappa shape index (κ2) is 6.51. The van der Waals surface area contributed by atoms with E-state index in [0.29, 0.717) is 14.5 Å². The van der Waals surface area contributed by atoms with Crippen molar-refractivity contribution in [1.82, 2.24) is 5.43 Å². The number of amides is 1. The molecule has 104 valence electrons. The van der Waals surface area contributed by atoms with E-state index in [2.05, 4.69) is 42.4 Å². The van der Waals surface area contributed by atoms with Gasteiger partial charge < -0.3 is 5.11 Å². The van der Waals surface area contributed by atoms with E-state index in [4.69, 9.17) is 0 Å². The van der Waals surface area contributed by atoms with Crippen molar-refractivity contribution in [2.45, 2.75) is 6.92 Å². The van der Waals surface area contributed by atoms with Crippen LogP contribution in [0.3, 0.4) is 0 Å². The smallest absolute Gasteiger partial charge is 0.271 e. The van der Waals surface area contributed by atoms with E-state index in [0.717, 1.165) is 10.4 Å². The normalized spacial score (nSPS) is 10.9. The number of halogens is 2. The third-order valence-corrected chi connectivity index (χ3v) is 4.69. The molecular weight excluding hydrogens is 408 g/mol. The summed E-state index contributed by atoms with van der Waals surface area (Å²) in [6.07, 6.45) is 1.61. The number of rotatable bonds is 3. The number of phenolic OH excluding ortho intramolecular Hbond substituents is 1. The van der Waals surface area contributed by atoms with E-state index in [1.54, 1.807) is 17.6 Å². The zero-order chi connectivity index (χ0) is 14.7. The largest absolute Gasteiger partial charge is 0.506 e. The second-order valence-electron chi connectivity index (χ2n) is 3.96. The van der Waals surface area contributed by atoms with Crippen LogP contribution < -0.4 is 5.43 Å². The second-order valence-corrected chi connectivity index (χ2v) is 6.61. The number of carbonyl (C=O) groups excluding carboxylic acids is 1. The molecule has 2 N–H and O–H groups in total. The van der Waals surface area contributed by atoms with Gasteiger partial charge in [0.25, 0.3) is 5.91 Å². The minimum atomic E-state index is -0.350. The van der Waals surface area contributed by atoms with E-state index in [-0.39, 0.29) is 11.7 Å². The molecule has 1 amide bonds. The number of aryl methyl sites for hydroxylation is 1. The molecule has 0 radical (unpaired) electrons. The summed E-state index contributed by atoms with van der Waals surface area (Å²) < 4.78 is 0.880. The number of hydrogen-bond acceptors (Lipinski definition) is 4. The molecule has 0 spiro atoms. The molecule has 0 aliphatic carbocycles. The quantitative estimate of drug-likeness (QED) is 0.584. The Morgan fingerprint density at radius 2 is 2.05 bits per heavy atom. The molecule has 0 atom stereocenters. The molecule has 4 nitrogen and oxygen atoms in total. The van der Waals surface area contributed by atoms with E-state index >= 15 is 0 Å². The number of benzene rings is 1. The fourth-order valence-electron chi connectivity index (χ4n) is 1.43. The summed E-state index contributed by atoms with van der Waals surface area (Å²) >= 11 is 7.91. The third kappa shape index (κ3) is 3.47. The predicted molar refractivity (Wildman–Crippen MR) is 87.6 cm³/mol. The lowest BCUT2D eigenvalue weighted by Crippen LogP contribution is -2.17. The molecule has 20 heavy (non-hydrogen) atoms. The van der Waals surface area contributed by atoms with Crippen LogP contribution in [-0.4, -0.2) is 17.2 Å². The van der Waals surface area contributed by atoms with Crippen LogP contribution in [0.25, 0.3) is 0 Å². The highest BCUT2D eigenvalue weighted by Crippen LogP contribution is 2.33. The highest BCUT2D eigenvalue weighted by molar-refractivity contribution is 9.11. The van der Waals surface area contributed by atoms with Gasteiger partial charge in [0.1, 0.15) is 5.75 Å². The number of phenols is 1. The maximum Gasteiger partial charge on any atom is 0.271 e. The number of aromatic hydroxyl groups is 1. The summed E-state index contributed by atoms with van der Waals surface area (Å²) in [5, 5.41) is 15.5. The Morgan fingerprint density at radius 3 is 2.60 bits per heavy atom. The fraction of sp³-hybridized carbons (Fsp3) is 0.0769. The monoisotopic (exact) mass is 416 g/mol. The molecule has 2 aromatic rings. The number of nitrogens with one attached hydrogen (secondary N) is 1. The first kappa shape index (κ1) is 15.2. The Labute approximate surface area is 136 Å². The van der Waals surface area contributed by atoms with Crippen LogP contribution in [0, 0.1) is 6.92 Å². The summed E-state index contributed by atoms with van der Waals surface area (Å²) in [6, 6.07) is 5.05. The van der Waals surface area contributed by atoms with Crippen LogP contribution in [0.1, 0.15) is 20.8 Å². The van der Waals surface area contributed by atoms with Gasteiger partial charge in [0.05, 0.1) is 15.2 Å². The molecule has 0 aliphatic heterocycles. The number of thiophene rings is 1. The maximum atomic E-state index is 11.9. The molecule has 1 aromatic carbocycles. The molecule has 0 aliphatic rings. The lowest BCUT2D eigenvalue weighted by atomic mass is 10.2. The Bertz CT molecular complexity index is 660. The van der Waals surface area contributed by atoms with Gasteiger partial charge in [-0.1, -0.05) is 0 Å². The molecule has 0 saturated carbocycles. The van der Waals surface area contributed by atoms with Gasteiger partial charge >= 0.3 is 0 Å². The lowest BCUT2D eigenvalue weighted by molar-refractivity contribution is 0.0955. The van der Waals surface area contributed by atoms with Gasteiger partial charge in [-0.05, 0) is 67.9 Å². The lowest BCUT2D eigenvalue weighted by Gasteiger charge is -2.04. The highest BCUT2D eigenvalue weighted by atomic mass is 79.9. The predicted octanol–water partition coefficient (Wildman–Crippen LogP) is 4.05. The molecule has 0 saturated heterocycles. The molecule has 2 rings (SSSR count). The van der Waals surface area contributed by atoms with E-state index in [1.165, 1.54) is 12.1 Å². The Balaban J connectivity index is 2.09. The summed E-state index contributed by atoms with van der Waals surface area (Å²) in [6.45, 7) is 1.98. The summed E-state index contributed by atoms with van der Waals surface area (Å²) in [7, 11) is 0. The highest BCUT2D eigenvalue weighted by Gasteiger charge is 2.11. The standard InChI is InChI=1S/C13H10Br2N2O2S/c1-7-2-3-20-11(7)6-16-17-13(19)8-4-9(14)12(18)10(15)5-8/h2-6,18H,1H3,(H,17,19)/b16-6-. The van der Waals surface area contributed by atoms with Crippen molar-refractivity contribution in [2.24, 2.45) is 5.10 Å². The van der Waals surface area contributed by atoms with Gasteiger partial charge in [-0.15, -0.1) is 11.3 Å². The van der Waals surface area contributed by atoms with Gasteiger partial charge in [-0.25, -0.2) is 5.43 Å². The van der Waals surface area contributed by atoms with Gasteiger partial charge in [0.15, 0.2) is 0 Å². The van der Waals surface area contributed by atoms with Gasteiger partial charge in [0.2, 0.25) is 0 Å². The van der Waals surface area contributed by atoms with Gasteiger partial charge in [0, 0.05) is 10.4 Å². The number of carbonyl (C=O) groups is 1. The SMILES string of the molecule is Cc1ccsc1/C=N\NC(=O)c1cc(Br)c(O)c(Br)c1. The van der Waals surface area contributed by atoms with E-state index in [9.17, 15) is 9.90 Å². The first-order valence-corrected chi connectivity index (χ1v) is 8.01. The van der Waals surface area contributed by atoms with Crippen molar-refractivity contribution in [1.29, 1.82) is 0 Å². The summed E-state index contributed by atoms with van der Waals surface area (Å²) in [5.41, 5.74) is 3.96. The number of hydrazone groups is 1. The number of hydrogen-bond donors (Lipinski definition) is 2. The zero-order valence-electron chi connectivity index (χ0n) is 10.4. The molecule has 0 bridgehead atoms. The molecular formula is C13H10Br2N2O2S. The average Bonchev–Trinajstić information content (AvgIpc) is 2.81. The van der Waals surface area contributed by atoms with Crippen LogP contribution in [0.2, 0.25) is 0 Å². The molecule has 0 unspecified atom stereocenters. The maximum absolute atomic E-state index is 11.9. The zero-order valence-corrected chi connectivity index (χ0v) is 14.3. The summed E-state index contributed by atoms with van der Waals surface area (Å²) in [4.78, 5) is 12.9. The Kier molecular flexibility index (Phi) is 4.95. The topological polar surface area (TPSA) is 61.7 Å². The fourth-order valence-corrected chi connectivity index (χ4v) is 3.40. The van der Waals surface area contributed by atoms with Crippen molar-refractivity contribution in [3.8, 4) is 5.75 Å². The molecule has 0 fully saturated rings.